The highest BCUT2D eigenvalue weighted by Crippen LogP contribution is 2.26. The van der Waals surface area contributed by atoms with Crippen molar-refractivity contribution in [2.75, 3.05) is 6.54 Å². The lowest BCUT2D eigenvalue weighted by Crippen LogP contribution is -2.23. The van der Waals surface area contributed by atoms with Crippen molar-refractivity contribution in [2.24, 2.45) is 0 Å². The summed E-state index contributed by atoms with van der Waals surface area (Å²) in [5.74, 6) is 0. The fourth-order valence-electron chi connectivity index (χ4n) is 2.59. The third-order valence-electron chi connectivity index (χ3n) is 3.57. The number of rotatable bonds is 5. The van der Waals surface area contributed by atoms with Gasteiger partial charge in [0.2, 0.25) is 0 Å². The van der Waals surface area contributed by atoms with Crippen LogP contribution in [0.1, 0.15) is 30.5 Å². The molecule has 0 bridgehead atoms. The van der Waals surface area contributed by atoms with Crippen LogP contribution in [-0.4, -0.2) is 16.5 Å². The van der Waals surface area contributed by atoms with E-state index in [4.69, 9.17) is 0 Å². The Kier molecular flexibility index (Phi) is 4.22. The van der Waals surface area contributed by atoms with Gasteiger partial charge < -0.3 is 5.32 Å². The first-order valence-electron chi connectivity index (χ1n) is 7.38. The van der Waals surface area contributed by atoms with Gasteiger partial charge in [0, 0.05) is 18.0 Å². The molecule has 0 saturated heterocycles. The third kappa shape index (κ3) is 2.93. The number of hydrogen-bond donors (Lipinski definition) is 1. The van der Waals surface area contributed by atoms with Crippen molar-refractivity contribution in [1.29, 1.82) is 0 Å². The van der Waals surface area contributed by atoms with Gasteiger partial charge in [-0.1, -0.05) is 49.4 Å². The molecule has 0 radical (unpaired) electrons. The summed E-state index contributed by atoms with van der Waals surface area (Å²) in [5.41, 5.74) is 4.34. The van der Waals surface area contributed by atoms with Crippen molar-refractivity contribution in [2.45, 2.75) is 19.4 Å². The number of hydrogen-bond acceptors (Lipinski definition) is 3. The monoisotopic (exact) mass is 277 g/mol. The molecule has 0 spiro atoms. The summed E-state index contributed by atoms with van der Waals surface area (Å²) in [6.07, 6.45) is 4.59. The molecule has 0 fully saturated rings. The van der Waals surface area contributed by atoms with E-state index in [2.05, 4.69) is 58.6 Å². The van der Waals surface area contributed by atoms with Crippen molar-refractivity contribution in [1.82, 2.24) is 15.3 Å². The van der Waals surface area contributed by atoms with Crippen LogP contribution in [0.5, 0.6) is 0 Å². The van der Waals surface area contributed by atoms with Crippen LogP contribution in [0.15, 0.2) is 60.9 Å². The normalized spacial score (nSPS) is 12.4. The van der Waals surface area contributed by atoms with Crippen molar-refractivity contribution in [3.63, 3.8) is 0 Å². The minimum atomic E-state index is 0.145. The predicted octanol–water partition coefficient (Wildman–Crippen LogP) is 3.72. The maximum Gasteiger partial charge on any atom is 0.0937 e. The Morgan fingerprint density at radius 2 is 1.76 bits per heavy atom. The Hall–Kier alpha value is -2.26. The molecule has 21 heavy (non-hydrogen) atoms. The van der Waals surface area contributed by atoms with Gasteiger partial charge in [-0.3, -0.25) is 9.97 Å². The standard InChI is InChI=1S/C18H19N3/c1-2-11-20-17(14-7-4-3-5-8-14)15-9-6-10-16-18(15)21-13-12-19-16/h3-10,12-13,17,20H,2,11H2,1H3. The molecule has 1 atom stereocenters. The zero-order valence-corrected chi connectivity index (χ0v) is 12.2. The first-order chi connectivity index (χ1) is 10.4. The molecule has 1 N–H and O–H groups in total. The van der Waals surface area contributed by atoms with Gasteiger partial charge in [0.1, 0.15) is 0 Å². The summed E-state index contributed by atoms with van der Waals surface area (Å²) in [7, 11) is 0. The van der Waals surface area contributed by atoms with Gasteiger partial charge in [-0.05, 0) is 24.6 Å². The second kappa shape index (κ2) is 6.46. The second-order valence-corrected chi connectivity index (χ2v) is 5.07. The predicted molar refractivity (Wildman–Crippen MR) is 86.1 cm³/mol. The minimum absolute atomic E-state index is 0.145. The van der Waals surface area contributed by atoms with Gasteiger partial charge in [0.05, 0.1) is 17.1 Å². The third-order valence-corrected chi connectivity index (χ3v) is 3.57. The largest absolute Gasteiger partial charge is 0.306 e. The highest BCUT2D eigenvalue weighted by molar-refractivity contribution is 5.78. The lowest BCUT2D eigenvalue weighted by molar-refractivity contribution is 0.601. The van der Waals surface area contributed by atoms with E-state index >= 15 is 0 Å². The van der Waals surface area contributed by atoms with E-state index in [1.165, 1.54) is 11.1 Å². The van der Waals surface area contributed by atoms with Crippen LogP contribution in [0, 0.1) is 0 Å². The molecular formula is C18H19N3. The molecule has 3 aromatic rings. The van der Waals surface area contributed by atoms with Gasteiger partial charge in [0.25, 0.3) is 0 Å². The average Bonchev–Trinajstić information content (AvgIpc) is 2.56. The van der Waals surface area contributed by atoms with Crippen LogP contribution < -0.4 is 5.32 Å². The molecule has 1 aromatic heterocycles. The summed E-state index contributed by atoms with van der Waals surface area (Å²) < 4.78 is 0. The Labute approximate surface area is 125 Å². The Morgan fingerprint density at radius 3 is 2.57 bits per heavy atom. The molecule has 0 aliphatic rings. The quantitative estimate of drug-likeness (QED) is 0.772. The highest BCUT2D eigenvalue weighted by Gasteiger charge is 2.16. The summed E-state index contributed by atoms with van der Waals surface area (Å²) in [4.78, 5) is 8.94. The molecule has 0 saturated carbocycles. The smallest absolute Gasteiger partial charge is 0.0937 e. The summed E-state index contributed by atoms with van der Waals surface area (Å²) >= 11 is 0. The van der Waals surface area contributed by atoms with Gasteiger partial charge in [-0.2, -0.15) is 0 Å². The Balaban J connectivity index is 2.10. The van der Waals surface area contributed by atoms with Crippen LogP contribution in [0.25, 0.3) is 11.0 Å². The number of nitrogens with one attached hydrogen (secondary N) is 1. The maximum absolute atomic E-state index is 4.53. The van der Waals surface area contributed by atoms with Gasteiger partial charge >= 0.3 is 0 Å². The van der Waals surface area contributed by atoms with Gasteiger partial charge in [-0.15, -0.1) is 0 Å². The molecule has 106 valence electrons. The van der Waals surface area contributed by atoms with Crippen molar-refractivity contribution in [3.8, 4) is 0 Å². The summed E-state index contributed by atoms with van der Waals surface area (Å²) in [5, 5.41) is 3.63. The van der Waals surface area contributed by atoms with E-state index in [-0.39, 0.29) is 6.04 Å². The topological polar surface area (TPSA) is 37.8 Å². The number of aromatic nitrogens is 2. The Morgan fingerprint density at radius 1 is 0.952 bits per heavy atom. The van der Waals surface area contributed by atoms with Crippen LogP contribution in [0.4, 0.5) is 0 Å². The summed E-state index contributed by atoms with van der Waals surface area (Å²) in [6, 6.07) is 16.8. The van der Waals surface area contributed by atoms with Crippen LogP contribution in [0.3, 0.4) is 0 Å². The highest BCUT2D eigenvalue weighted by atomic mass is 14.9. The van der Waals surface area contributed by atoms with E-state index in [9.17, 15) is 0 Å². The minimum Gasteiger partial charge on any atom is -0.306 e. The molecule has 3 heteroatoms. The second-order valence-electron chi connectivity index (χ2n) is 5.07. The van der Waals surface area contributed by atoms with E-state index in [1.807, 2.05) is 12.1 Å². The fraction of sp³-hybridized carbons (Fsp3) is 0.222. The molecular weight excluding hydrogens is 258 g/mol. The lowest BCUT2D eigenvalue weighted by Gasteiger charge is -2.20. The maximum atomic E-state index is 4.53. The number of para-hydroxylation sites is 1. The van der Waals surface area contributed by atoms with E-state index < -0.39 is 0 Å². The number of nitrogens with zero attached hydrogens (tertiary/aromatic N) is 2. The van der Waals surface area contributed by atoms with Crippen LogP contribution >= 0.6 is 0 Å². The van der Waals surface area contributed by atoms with Crippen LogP contribution in [0.2, 0.25) is 0 Å². The van der Waals surface area contributed by atoms with Gasteiger partial charge in [0.15, 0.2) is 0 Å². The molecule has 0 amide bonds. The zero-order chi connectivity index (χ0) is 14.5. The number of fused-ring (bicyclic) bond motifs is 1. The molecule has 0 aliphatic carbocycles. The molecule has 1 unspecified atom stereocenters. The average molecular weight is 277 g/mol. The van der Waals surface area contributed by atoms with E-state index in [0.29, 0.717) is 0 Å². The number of benzene rings is 2. The van der Waals surface area contributed by atoms with E-state index in [0.717, 1.165) is 24.0 Å². The summed E-state index contributed by atoms with van der Waals surface area (Å²) in [6.45, 7) is 3.15. The SMILES string of the molecule is CCCNC(c1ccccc1)c1cccc2nccnc12. The lowest BCUT2D eigenvalue weighted by atomic mass is 9.97. The fourth-order valence-corrected chi connectivity index (χ4v) is 2.59. The molecule has 3 rings (SSSR count). The van der Waals surface area contributed by atoms with E-state index in [1.54, 1.807) is 12.4 Å². The molecule has 3 nitrogen and oxygen atoms in total. The Bertz CT molecular complexity index is 704. The van der Waals surface area contributed by atoms with Crippen molar-refractivity contribution in [3.05, 3.63) is 72.1 Å². The van der Waals surface area contributed by atoms with Crippen molar-refractivity contribution >= 4 is 11.0 Å². The zero-order valence-electron chi connectivity index (χ0n) is 12.2. The molecule has 1 heterocycles. The molecule has 0 aliphatic heterocycles. The van der Waals surface area contributed by atoms with Crippen LogP contribution in [-0.2, 0) is 0 Å². The van der Waals surface area contributed by atoms with Gasteiger partial charge in [-0.25, -0.2) is 0 Å². The first-order valence-corrected chi connectivity index (χ1v) is 7.38. The molecule has 2 aromatic carbocycles. The van der Waals surface area contributed by atoms with Crippen molar-refractivity contribution < 1.29 is 0 Å². The first kappa shape index (κ1) is 13.7.